The van der Waals surface area contributed by atoms with Gasteiger partial charge in [0.05, 0.1) is 0 Å². The Morgan fingerprint density at radius 3 is 2.56 bits per heavy atom. The summed E-state index contributed by atoms with van der Waals surface area (Å²) in [6.45, 7) is 1.07. The third-order valence-electron chi connectivity index (χ3n) is 0.783. The van der Waals surface area contributed by atoms with Crippen LogP contribution in [0.15, 0.2) is 0 Å². The van der Waals surface area contributed by atoms with Crippen LogP contribution in [0.1, 0.15) is 0 Å². The molecule has 0 aromatic carbocycles. The molecule has 0 saturated heterocycles. The van der Waals surface area contributed by atoms with Crippen molar-refractivity contribution in [3.63, 3.8) is 0 Å². The van der Waals surface area contributed by atoms with Crippen molar-refractivity contribution in [3.05, 3.63) is 0 Å². The highest BCUT2D eigenvalue weighted by molar-refractivity contribution is 6.55. The molecule has 0 fully saturated rings. The van der Waals surface area contributed by atoms with Crippen molar-refractivity contribution in [2.45, 2.75) is 0 Å². The minimum atomic E-state index is -0.711. The van der Waals surface area contributed by atoms with E-state index >= 15 is 0 Å². The summed E-state index contributed by atoms with van der Waals surface area (Å²) in [6.07, 6.45) is 0. The van der Waals surface area contributed by atoms with Crippen molar-refractivity contribution >= 4 is 13.7 Å². The van der Waals surface area contributed by atoms with Crippen molar-refractivity contribution in [2.75, 3.05) is 27.2 Å². The molecule has 0 N–H and O–H groups in total. The smallest absolute Gasteiger partial charge is 0.235 e. The van der Waals surface area contributed by atoms with E-state index in [4.69, 9.17) is 7.85 Å². The molecule has 0 saturated carbocycles. The lowest BCUT2D eigenvalue weighted by Gasteiger charge is -2.08. The van der Waals surface area contributed by atoms with Gasteiger partial charge in [-0.3, -0.25) is 4.79 Å². The predicted molar refractivity (Wildman–Crippen MR) is 35.7 cm³/mol. The summed E-state index contributed by atoms with van der Waals surface area (Å²) in [7, 11) is 8.49. The number of hydrogen-bond acceptors (Lipinski definition) is 3. The Bertz CT molecular complexity index is 95.0. The molecule has 0 aliphatic rings. The van der Waals surface area contributed by atoms with Crippen LogP contribution in [0.4, 0.5) is 4.79 Å². The Kier molecular flexibility index (Phi) is 4.14. The topological polar surface area (TPSA) is 29.5 Å². The Labute approximate surface area is 56.4 Å². The van der Waals surface area contributed by atoms with Crippen LogP contribution in [0.5, 0.6) is 0 Å². The van der Waals surface area contributed by atoms with E-state index in [1.165, 1.54) is 0 Å². The van der Waals surface area contributed by atoms with Gasteiger partial charge in [-0.05, 0) is 14.1 Å². The SMILES string of the molecule is [B]C(=O)OCCN(C)C. The van der Waals surface area contributed by atoms with Gasteiger partial charge in [-0.1, -0.05) is 0 Å². The van der Waals surface area contributed by atoms with E-state index in [0.29, 0.717) is 13.2 Å². The molecular weight excluding hydrogens is 117 g/mol. The summed E-state index contributed by atoms with van der Waals surface area (Å²) in [6, 6.07) is 0. The van der Waals surface area contributed by atoms with E-state index in [-0.39, 0.29) is 0 Å². The molecule has 0 aliphatic heterocycles. The molecule has 0 bridgehead atoms. The molecule has 0 aromatic rings. The van der Waals surface area contributed by atoms with Crippen LogP contribution in [-0.2, 0) is 4.74 Å². The van der Waals surface area contributed by atoms with Gasteiger partial charge in [0.1, 0.15) is 6.61 Å². The normalized spacial score (nSPS) is 9.67. The highest BCUT2D eigenvalue weighted by Gasteiger charge is 1.91. The third-order valence-corrected chi connectivity index (χ3v) is 0.783. The van der Waals surface area contributed by atoms with Crippen molar-refractivity contribution < 1.29 is 9.53 Å². The molecular formula is C5H10BNO2. The van der Waals surface area contributed by atoms with Crippen LogP contribution >= 0.6 is 0 Å². The summed E-state index contributed by atoms with van der Waals surface area (Å²) < 4.78 is 4.45. The molecule has 0 unspecified atom stereocenters. The number of rotatable bonds is 3. The first-order chi connectivity index (χ1) is 4.13. The van der Waals surface area contributed by atoms with Crippen molar-refractivity contribution in [1.29, 1.82) is 0 Å². The molecule has 0 spiro atoms. The summed E-state index contributed by atoms with van der Waals surface area (Å²) in [5.41, 5.74) is 0. The lowest BCUT2D eigenvalue weighted by Crippen LogP contribution is -2.19. The lowest BCUT2D eigenvalue weighted by molar-refractivity contribution is 0.162. The molecule has 4 heteroatoms. The third kappa shape index (κ3) is 7.49. The van der Waals surface area contributed by atoms with Gasteiger partial charge in [0.15, 0.2) is 0 Å². The molecule has 0 aromatic heterocycles. The molecule has 0 atom stereocenters. The zero-order valence-electron chi connectivity index (χ0n) is 5.76. The number of carbonyl (C=O) groups excluding carboxylic acids is 1. The quantitative estimate of drug-likeness (QED) is 0.494. The second-order valence-corrected chi connectivity index (χ2v) is 1.97. The van der Waals surface area contributed by atoms with Gasteiger partial charge in [0.25, 0.3) is 0 Å². The van der Waals surface area contributed by atoms with Crippen molar-refractivity contribution in [1.82, 2.24) is 4.90 Å². The second-order valence-electron chi connectivity index (χ2n) is 1.97. The Balaban J connectivity index is 3.01. The van der Waals surface area contributed by atoms with Crippen LogP contribution in [-0.4, -0.2) is 45.9 Å². The first-order valence-electron chi connectivity index (χ1n) is 2.70. The van der Waals surface area contributed by atoms with E-state index < -0.39 is 5.87 Å². The van der Waals surface area contributed by atoms with Gasteiger partial charge in [-0.15, -0.1) is 0 Å². The largest absolute Gasteiger partial charge is 0.473 e. The molecule has 2 radical (unpaired) electrons. The second kappa shape index (κ2) is 4.38. The summed E-state index contributed by atoms with van der Waals surface area (Å²) in [5, 5.41) is 0. The average Bonchev–Trinajstić information content (AvgIpc) is 1.63. The first kappa shape index (κ1) is 8.49. The van der Waals surface area contributed by atoms with Crippen LogP contribution < -0.4 is 0 Å². The minimum Gasteiger partial charge on any atom is -0.473 e. The number of ether oxygens (including phenoxy) is 1. The predicted octanol–water partition coefficient (Wildman–Crippen LogP) is -0.147. The fourth-order valence-electron chi connectivity index (χ4n) is 0.329. The highest BCUT2D eigenvalue weighted by atomic mass is 16.5. The molecule has 0 heterocycles. The number of carbonyl (C=O) groups is 1. The summed E-state index contributed by atoms with van der Waals surface area (Å²) >= 11 is 0. The van der Waals surface area contributed by atoms with Crippen LogP contribution in [0.2, 0.25) is 0 Å². The average molecular weight is 127 g/mol. The van der Waals surface area contributed by atoms with Gasteiger partial charge in [-0.25, -0.2) is 0 Å². The van der Waals surface area contributed by atoms with Crippen LogP contribution in [0.3, 0.4) is 0 Å². The fourth-order valence-corrected chi connectivity index (χ4v) is 0.329. The summed E-state index contributed by atoms with van der Waals surface area (Å²) in [4.78, 5) is 11.9. The molecule has 9 heavy (non-hydrogen) atoms. The van der Waals surface area contributed by atoms with Gasteiger partial charge in [-0.2, -0.15) is 0 Å². The number of hydrogen-bond donors (Lipinski definition) is 0. The summed E-state index contributed by atoms with van der Waals surface area (Å²) in [5.74, 6) is -0.711. The Morgan fingerprint density at radius 1 is 1.67 bits per heavy atom. The standard InChI is InChI=1S/C5H10BNO2/c1-7(2)3-4-9-5(6)8/h3-4H2,1-2H3. The lowest BCUT2D eigenvalue weighted by atomic mass is 10.2. The highest BCUT2D eigenvalue weighted by Crippen LogP contribution is 1.77. The zero-order valence-corrected chi connectivity index (χ0v) is 5.76. The van der Waals surface area contributed by atoms with Crippen LogP contribution in [0, 0.1) is 0 Å². The van der Waals surface area contributed by atoms with E-state index in [1.54, 1.807) is 0 Å². The molecule has 3 nitrogen and oxygen atoms in total. The van der Waals surface area contributed by atoms with Crippen molar-refractivity contribution in [2.24, 2.45) is 0 Å². The van der Waals surface area contributed by atoms with E-state index in [9.17, 15) is 4.79 Å². The van der Waals surface area contributed by atoms with E-state index in [0.717, 1.165) is 0 Å². The molecule has 0 amide bonds. The number of nitrogens with zero attached hydrogens (tertiary/aromatic N) is 1. The van der Waals surface area contributed by atoms with Gasteiger partial charge in [0, 0.05) is 6.54 Å². The maximum absolute atomic E-state index is 9.96. The van der Waals surface area contributed by atoms with Gasteiger partial charge >= 0.3 is 0 Å². The first-order valence-corrected chi connectivity index (χ1v) is 2.70. The Morgan fingerprint density at radius 2 is 2.22 bits per heavy atom. The number of likely N-dealkylation sites (N-methyl/N-ethyl adjacent to an activating group) is 1. The monoisotopic (exact) mass is 127 g/mol. The molecule has 0 rings (SSSR count). The molecule has 50 valence electrons. The Hall–Kier alpha value is -0.505. The molecule has 0 aliphatic carbocycles. The van der Waals surface area contributed by atoms with Crippen LogP contribution in [0.25, 0.3) is 0 Å². The maximum Gasteiger partial charge on any atom is 0.235 e. The minimum absolute atomic E-state index is 0.363. The van der Waals surface area contributed by atoms with Gasteiger partial charge in [0.2, 0.25) is 13.7 Å². The van der Waals surface area contributed by atoms with E-state index in [1.807, 2.05) is 19.0 Å². The zero-order chi connectivity index (χ0) is 7.28. The van der Waals surface area contributed by atoms with E-state index in [2.05, 4.69) is 4.74 Å². The van der Waals surface area contributed by atoms with Crippen molar-refractivity contribution in [3.8, 4) is 0 Å². The van der Waals surface area contributed by atoms with Gasteiger partial charge < -0.3 is 9.64 Å². The fraction of sp³-hybridized carbons (Fsp3) is 0.800. The maximum atomic E-state index is 9.96.